The first-order chi connectivity index (χ1) is 10.00. The Kier molecular flexibility index (Phi) is 3.47. The van der Waals surface area contributed by atoms with Crippen LogP contribution >= 0.6 is 0 Å². The van der Waals surface area contributed by atoms with E-state index in [4.69, 9.17) is 4.52 Å². The van der Waals surface area contributed by atoms with Gasteiger partial charge in [0.05, 0.1) is 0 Å². The molecule has 6 heteroatoms. The van der Waals surface area contributed by atoms with Crippen LogP contribution in [0.25, 0.3) is 0 Å². The average molecular weight is 291 g/mol. The topological polar surface area (TPSA) is 75.4 Å². The fraction of sp³-hybridized carbons (Fsp3) is 0.667. The van der Waals surface area contributed by atoms with E-state index in [-0.39, 0.29) is 23.4 Å². The molecule has 1 spiro atoms. The summed E-state index contributed by atoms with van der Waals surface area (Å²) >= 11 is 0. The summed E-state index contributed by atoms with van der Waals surface area (Å²) in [5, 5.41) is 6.75. The summed E-state index contributed by atoms with van der Waals surface area (Å²) in [6.45, 7) is 1.76. The molecule has 3 rings (SSSR count). The van der Waals surface area contributed by atoms with Gasteiger partial charge in [-0.2, -0.15) is 0 Å². The Morgan fingerprint density at radius 2 is 2.14 bits per heavy atom. The molecule has 0 aromatic carbocycles. The standard InChI is InChI=1S/C15H21N3O3/c1-10-9-12(17-21-10)14(20)16-11-3-6-15(7-4-11)8-5-13(19)18(15)2/h9,11H,3-8H2,1-2H3,(H,16,20). The molecule has 21 heavy (non-hydrogen) atoms. The third-order valence-corrected chi connectivity index (χ3v) is 5.00. The summed E-state index contributed by atoms with van der Waals surface area (Å²) in [7, 11) is 1.91. The van der Waals surface area contributed by atoms with Crippen molar-refractivity contribution < 1.29 is 14.1 Å². The van der Waals surface area contributed by atoms with Gasteiger partial charge in [0.25, 0.3) is 5.91 Å². The Labute approximate surface area is 123 Å². The molecule has 0 radical (unpaired) electrons. The molecular weight excluding hydrogens is 270 g/mol. The minimum Gasteiger partial charge on any atom is -0.361 e. The van der Waals surface area contributed by atoms with Crippen molar-refractivity contribution in [3.63, 3.8) is 0 Å². The Hall–Kier alpha value is -1.85. The van der Waals surface area contributed by atoms with Crippen LogP contribution in [0, 0.1) is 6.92 Å². The normalized spacial score (nSPS) is 29.1. The quantitative estimate of drug-likeness (QED) is 0.899. The first kappa shape index (κ1) is 14.1. The zero-order valence-corrected chi connectivity index (χ0v) is 12.5. The maximum atomic E-state index is 12.1. The van der Waals surface area contributed by atoms with Crippen LogP contribution in [0.3, 0.4) is 0 Å². The van der Waals surface area contributed by atoms with E-state index >= 15 is 0 Å². The molecule has 2 aliphatic rings. The van der Waals surface area contributed by atoms with E-state index in [1.165, 1.54) is 0 Å². The molecule has 1 aromatic heterocycles. The predicted octanol–water partition coefficient (Wildman–Crippen LogP) is 1.65. The van der Waals surface area contributed by atoms with Gasteiger partial charge in [-0.1, -0.05) is 5.16 Å². The first-order valence-electron chi connectivity index (χ1n) is 7.51. The highest BCUT2D eigenvalue weighted by Gasteiger charge is 2.45. The third kappa shape index (κ3) is 2.54. The molecule has 1 aromatic rings. The maximum absolute atomic E-state index is 12.1. The zero-order chi connectivity index (χ0) is 15.0. The van der Waals surface area contributed by atoms with Crippen LogP contribution in [0.5, 0.6) is 0 Å². The van der Waals surface area contributed by atoms with Crippen molar-refractivity contribution in [1.82, 2.24) is 15.4 Å². The molecule has 1 aliphatic carbocycles. The summed E-state index contributed by atoms with van der Waals surface area (Å²) in [6, 6.07) is 1.80. The maximum Gasteiger partial charge on any atom is 0.273 e. The molecule has 1 saturated heterocycles. The number of hydrogen-bond donors (Lipinski definition) is 1. The number of likely N-dealkylation sites (tertiary alicyclic amines) is 1. The van der Waals surface area contributed by atoms with Crippen LogP contribution in [-0.2, 0) is 4.79 Å². The van der Waals surface area contributed by atoms with Crippen molar-refractivity contribution in [3.05, 3.63) is 17.5 Å². The molecule has 2 heterocycles. The number of carbonyl (C=O) groups excluding carboxylic acids is 2. The number of hydrogen-bond acceptors (Lipinski definition) is 4. The number of aromatic nitrogens is 1. The van der Waals surface area contributed by atoms with Gasteiger partial charge in [-0.3, -0.25) is 9.59 Å². The second kappa shape index (κ2) is 5.16. The van der Waals surface area contributed by atoms with Crippen LogP contribution in [0.15, 0.2) is 10.6 Å². The Morgan fingerprint density at radius 1 is 1.43 bits per heavy atom. The lowest BCUT2D eigenvalue weighted by Gasteiger charge is -2.42. The number of rotatable bonds is 2. The average Bonchev–Trinajstić information content (AvgIpc) is 3.02. The smallest absolute Gasteiger partial charge is 0.273 e. The van der Waals surface area contributed by atoms with E-state index in [1.807, 2.05) is 11.9 Å². The number of amides is 2. The molecule has 0 atom stereocenters. The van der Waals surface area contributed by atoms with Gasteiger partial charge in [0.2, 0.25) is 5.91 Å². The minimum absolute atomic E-state index is 0.0305. The van der Waals surface area contributed by atoms with Crippen LogP contribution in [0.1, 0.15) is 54.8 Å². The lowest BCUT2D eigenvalue weighted by Crippen LogP contribution is -2.49. The molecule has 2 amide bonds. The highest BCUT2D eigenvalue weighted by Crippen LogP contribution is 2.41. The molecular formula is C15H21N3O3. The molecule has 1 saturated carbocycles. The van der Waals surface area contributed by atoms with Crippen LogP contribution in [-0.4, -0.2) is 40.5 Å². The van der Waals surface area contributed by atoms with Gasteiger partial charge in [-0.25, -0.2) is 0 Å². The van der Waals surface area contributed by atoms with Crippen molar-refractivity contribution in [2.24, 2.45) is 0 Å². The highest BCUT2D eigenvalue weighted by atomic mass is 16.5. The lowest BCUT2D eigenvalue weighted by molar-refractivity contribution is -0.130. The van der Waals surface area contributed by atoms with Gasteiger partial charge in [-0.05, 0) is 39.0 Å². The summed E-state index contributed by atoms with van der Waals surface area (Å²) in [6.07, 6.45) is 5.33. The van der Waals surface area contributed by atoms with E-state index in [9.17, 15) is 9.59 Å². The Bertz CT molecular complexity index is 558. The van der Waals surface area contributed by atoms with Crippen molar-refractivity contribution in [2.75, 3.05) is 7.05 Å². The predicted molar refractivity (Wildman–Crippen MR) is 75.7 cm³/mol. The largest absolute Gasteiger partial charge is 0.361 e. The monoisotopic (exact) mass is 291 g/mol. The van der Waals surface area contributed by atoms with Gasteiger partial charge in [-0.15, -0.1) is 0 Å². The fourth-order valence-corrected chi connectivity index (χ4v) is 3.56. The SMILES string of the molecule is Cc1cc(C(=O)NC2CCC3(CCC(=O)N3C)CC2)no1. The van der Waals surface area contributed by atoms with Gasteiger partial charge < -0.3 is 14.7 Å². The molecule has 0 bridgehead atoms. The van der Waals surface area contributed by atoms with Crippen molar-refractivity contribution in [3.8, 4) is 0 Å². The summed E-state index contributed by atoms with van der Waals surface area (Å²) < 4.78 is 4.92. The number of carbonyl (C=O) groups is 2. The zero-order valence-electron chi connectivity index (χ0n) is 12.5. The van der Waals surface area contributed by atoms with E-state index in [0.717, 1.165) is 32.1 Å². The number of nitrogens with zero attached hydrogens (tertiary/aromatic N) is 2. The van der Waals surface area contributed by atoms with Crippen molar-refractivity contribution >= 4 is 11.8 Å². The fourth-order valence-electron chi connectivity index (χ4n) is 3.56. The van der Waals surface area contributed by atoms with Crippen LogP contribution in [0.2, 0.25) is 0 Å². The molecule has 1 aliphatic heterocycles. The molecule has 2 fully saturated rings. The lowest BCUT2D eigenvalue weighted by atomic mass is 9.78. The molecule has 6 nitrogen and oxygen atoms in total. The van der Waals surface area contributed by atoms with Crippen molar-refractivity contribution in [1.29, 1.82) is 0 Å². The van der Waals surface area contributed by atoms with Crippen LogP contribution in [0.4, 0.5) is 0 Å². The van der Waals surface area contributed by atoms with Gasteiger partial charge in [0.15, 0.2) is 5.69 Å². The third-order valence-electron chi connectivity index (χ3n) is 5.00. The van der Waals surface area contributed by atoms with E-state index in [2.05, 4.69) is 10.5 Å². The summed E-state index contributed by atoms with van der Waals surface area (Å²) in [5.74, 6) is 0.702. The van der Waals surface area contributed by atoms with Gasteiger partial charge in [0.1, 0.15) is 5.76 Å². The second-order valence-corrected chi connectivity index (χ2v) is 6.25. The van der Waals surface area contributed by atoms with Gasteiger partial charge in [0, 0.05) is 31.1 Å². The van der Waals surface area contributed by atoms with Crippen molar-refractivity contribution in [2.45, 2.75) is 57.0 Å². The number of aryl methyl sites for hydroxylation is 1. The second-order valence-electron chi connectivity index (χ2n) is 6.25. The molecule has 114 valence electrons. The number of nitrogens with one attached hydrogen (secondary N) is 1. The first-order valence-corrected chi connectivity index (χ1v) is 7.51. The van der Waals surface area contributed by atoms with E-state index < -0.39 is 0 Å². The molecule has 1 N–H and O–H groups in total. The summed E-state index contributed by atoms with van der Waals surface area (Å²) in [4.78, 5) is 25.7. The van der Waals surface area contributed by atoms with Gasteiger partial charge >= 0.3 is 0 Å². The Morgan fingerprint density at radius 3 is 2.67 bits per heavy atom. The minimum atomic E-state index is -0.177. The van der Waals surface area contributed by atoms with Crippen LogP contribution < -0.4 is 5.32 Å². The Balaban J connectivity index is 1.57. The highest BCUT2D eigenvalue weighted by molar-refractivity contribution is 5.92. The summed E-state index contributed by atoms with van der Waals surface area (Å²) in [5.41, 5.74) is 0.365. The van der Waals surface area contributed by atoms with E-state index in [0.29, 0.717) is 17.9 Å². The molecule has 0 unspecified atom stereocenters. The van der Waals surface area contributed by atoms with E-state index in [1.54, 1.807) is 13.0 Å².